The lowest BCUT2D eigenvalue weighted by molar-refractivity contribution is 0.0600. The summed E-state index contributed by atoms with van der Waals surface area (Å²) in [6, 6.07) is 1.46. The minimum atomic E-state index is -0.510. The van der Waals surface area contributed by atoms with E-state index < -0.39 is 5.97 Å². The number of aromatic nitrogens is 1. The van der Waals surface area contributed by atoms with E-state index in [9.17, 15) is 9.59 Å². The zero-order valence-electron chi connectivity index (χ0n) is 10.0. The summed E-state index contributed by atoms with van der Waals surface area (Å²) in [7, 11) is 4.91. The Hall–Kier alpha value is -2.17. The Labute approximate surface area is 99.7 Å². The molecule has 0 N–H and O–H groups in total. The molecule has 0 saturated heterocycles. The molecule has 17 heavy (non-hydrogen) atoms. The largest absolute Gasteiger partial charge is 0.465 e. The number of carbonyl (C=O) groups is 2. The number of ether oxygens (including phenoxy) is 1. The Morgan fingerprint density at radius 2 is 1.94 bits per heavy atom. The normalized spacial score (nSPS) is 10.3. The van der Waals surface area contributed by atoms with Gasteiger partial charge >= 0.3 is 5.97 Å². The summed E-state index contributed by atoms with van der Waals surface area (Å²) in [6.45, 7) is 0. The third kappa shape index (κ3) is 3.71. The van der Waals surface area contributed by atoms with Crippen molar-refractivity contribution in [1.82, 2.24) is 9.88 Å². The number of nitrogens with zero attached hydrogens (tertiary/aromatic N) is 2. The lowest BCUT2D eigenvalue weighted by Gasteiger charge is -2.03. The van der Waals surface area contributed by atoms with Gasteiger partial charge in [-0.3, -0.25) is 9.78 Å². The molecule has 0 atom stereocenters. The highest BCUT2D eigenvalue weighted by Crippen LogP contribution is 2.06. The summed E-state index contributed by atoms with van der Waals surface area (Å²) in [5.74, 6) is -0.722. The molecule has 0 amide bonds. The molecule has 5 heteroatoms. The van der Waals surface area contributed by atoms with Crippen molar-refractivity contribution in [2.45, 2.75) is 0 Å². The minimum Gasteiger partial charge on any atom is -0.465 e. The van der Waals surface area contributed by atoms with Crippen LogP contribution in [-0.2, 0) is 4.74 Å². The van der Waals surface area contributed by atoms with Crippen molar-refractivity contribution < 1.29 is 14.3 Å². The first-order valence-electron chi connectivity index (χ1n) is 4.97. The third-order valence-corrected chi connectivity index (χ3v) is 1.97. The quantitative estimate of drug-likeness (QED) is 0.444. The molecule has 1 rings (SSSR count). The molecular formula is C12H14N2O3. The van der Waals surface area contributed by atoms with Crippen LogP contribution in [-0.4, -0.2) is 42.8 Å². The van der Waals surface area contributed by atoms with Crippen LogP contribution in [0.1, 0.15) is 20.7 Å². The zero-order chi connectivity index (χ0) is 12.8. The van der Waals surface area contributed by atoms with E-state index in [0.29, 0.717) is 5.56 Å². The lowest BCUT2D eigenvalue weighted by Crippen LogP contribution is -2.06. The van der Waals surface area contributed by atoms with E-state index in [1.807, 2.05) is 14.1 Å². The Morgan fingerprint density at radius 1 is 1.29 bits per heavy atom. The van der Waals surface area contributed by atoms with E-state index in [0.717, 1.165) is 0 Å². The highest BCUT2D eigenvalue weighted by Gasteiger charge is 2.09. The number of pyridine rings is 1. The van der Waals surface area contributed by atoms with Gasteiger partial charge < -0.3 is 9.64 Å². The van der Waals surface area contributed by atoms with E-state index in [1.165, 1.54) is 31.6 Å². The van der Waals surface area contributed by atoms with Gasteiger partial charge in [-0.05, 0) is 6.07 Å². The van der Waals surface area contributed by atoms with Gasteiger partial charge in [-0.1, -0.05) is 0 Å². The summed E-state index contributed by atoms with van der Waals surface area (Å²) in [5.41, 5.74) is 0.614. The zero-order valence-corrected chi connectivity index (χ0v) is 10.0. The summed E-state index contributed by atoms with van der Waals surface area (Å²) >= 11 is 0. The molecule has 90 valence electrons. The van der Waals surface area contributed by atoms with Crippen LogP contribution in [0.2, 0.25) is 0 Å². The summed E-state index contributed by atoms with van der Waals surface area (Å²) in [5, 5.41) is 0. The van der Waals surface area contributed by atoms with Crippen LogP contribution in [0.3, 0.4) is 0 Å². The second-order valence-electron chi connectivity index (χ2n) is 3.60. The van der Waals surface area contributed by atoms with E-state index in [1.54, 1.807) is 11.1 Å². The van der Waals surface area contributed by atoms with Gasteiger partial charge in [0.15, 0.2) is 5.78 Å². The molecule has 0 spiro atoms. The summed E-state index contributed by atoms with van der Waals surface area (Å²) < 4.78 is 4.55. The fraction of sp³-hybridized carbons (Fsp3) is 0.250. The third-order valence-electron chi connectivity index (χ3n) is 1.97. The molecular weight excluding hydrogens is 220 g/mol. The maximum absolute atomic E-state index is 11.7. The Balaban J connectivity index is 2.92. The molecule has 1 aromatic rings. The smallest absolute Gasteiger partial charge is 0.339 e. The van der Waals surface area contributed by atoms with Crippen molar-refractivity contribution in [2.24, 2.45) is 0 Å². The van der Waals surface area contributed by atoms with Gasteiger partial charge in [0.1, 0.15) is 0 Å². The van der Waals surface area contributed by atoms with Gasteiger partial charge in [0.2, 0.25) is 0 Å². The predicted molar refractivity (Wildman–Crippen MR) is 62.7 cm³/mol. The van der Waals surface area contributed by atoms with Gasteiger partial charge in [0, 0.05) is 44.3 Å². The SMILES string of the molecule is COC(=O)c1cncc(C(=O)C=CN(C)C)c1. The van der Waals surface area contributed by atoms with Crippen molar-refractivity contribution in [1.29, 1.82) is 0 Å². The first-order chi connectivity index (χ1) is 8.04. The van der Waals surface area contributed by atoms with Crippen molar-refractivity contribution in [2.75, 3.05) is 21.2 Å². The average molecular weight is 234 g/mol. The van der Waals surface area contributed by atoms with Crippen LogP contribution < -0.4 is 0 Å². The van der Waals surface area contributed by atoms with Gasteiger partial charge in [0.05, 0.1) is 12.7 Å². The van der Waals surface area contributed by atoms with Crippen molar-refractivity contribution in [3.8, 4) is 0 Å². The monoisotopic (exact) mass is 234 g/mol. The second-order valence-corrected chi connectivity index (χ2v) is 3.60. The maximum atomic E-state index is 11.7. The van der Waals surface area contributed by atoms with Crippen LogP contribution in [0.4, 0.5) is 0 Å². The van der Waals surface area contributed by atoms with Crippen LogP contribution in [0.5, 0.6) is 0 Å². The topological polar surface area (TPSA) is 59.5 Å². The molecule has 0 radical (unpaired) electrons. The molecule has 0 bridgehead atoms. The Bertz CT molecular complexity index is 453. The number of esters is 1. The van der Waals surface area contributed by atoms with Crippen LogP contribution in [0.25, 0.3) is 0 Å². The number of allylic oxidation sites excluding steroid dienone is 1. The molecule has 0 aromatic carbocycles. The number of carbonyl (C=O) groups excluding carboxylic acids is 2. The second kappa shape index (κ2) is 5.79. The summed E-state index contributed by atoms with van der Waals surface area (Å²) in [4.78, 5) is 28.5. The number of rotatable bonds is 4. The molecule has 0 aliphatic rings. The van der Waals surface area contributed by atoms with E-state index in [-0.39, 0.29) is 11.3 Å². The standard InChI is InChI=1S/C12H14N2O3/c1-14(2)5-4-11(15)9-6-10(8-13-7-9)12(16)17-3/h4-8H,1-3H3. The fourth-order valence-electron chi connectivity index (χ4n) is 1.12. The number of hydrogen-bond donors (Lipinski definition) is 0. The number of methoxy groups -OCH3 is 1. The molecule has 0 aliphatic heterocycles. The van der Waals surface area contributed by atoms with Gasteiger partial charge in [-0.2, -0.15) is 0 Å². The van der Waals surface area contributed by atoms with Crippen molar-refractivity contribution >= 4 is 11.8 Å². The van der Waals surface area contributed by atoms with Gasteiger partial charge in [-0.15, -0.1) is 0 Å². The Morgan fingerprint density at radius 3 is 2.53 bits per heavy atom. The van der Waals surface area contributed by atoms with E-state index >= 15 is 0 Å². The summed E-state index contributed by atoms with van der Waals surface area (Å²) in [6.07, 6.45) is 5.82. The van der Waals surface area contributed by atoms with Crippen molar-refractivity contribution in [3.05, 3.63) is 41.9 Å². The fourth-order valence-corrected chi connectivity index (χ4v) is 1.12. The molecule has 0 saturated carbocycles. The van der Waals surface area contributed by atoms with E-state index in [4.69, 9.17) is 0 Å². The van der Waals surface area contributed by atoms with Gasteiger partial charge in [0.25, 0.3) is 0 Å². The molecule has 5 nitrogen and oxygen atoms in total. The highest BCUT2D eigenvalue weighted by molar-refractivity contribution is 6.05. The minimum absolute atomic E-state index is 0.211. The van der Waals surface area contributed by atoms with E-state index in [2.05, 4.69) is 9.72 Å². The first-order valence-corrected chi connectivity index (χ1v) is 4.97. The highest BCUT2D eigenvalue weighted by atomic mass is 16.5. The molecule has 1 heterocycles. The van der Waals surface area contributed by atoms with Crippen molar-refractivity contribution in [3.63, 3.8) is 0 Å². The van der Waals surface area contributed by atoms with Crippen LogP contribution >= 0.6 is 0 Å². The van der Waals surface area contributed by atoms with Crippen LogP contribution in [0.15, 0.2) is 30.7 Å². The maximum Gasteiger partial charge on any atom is 0.339 e. The predicted octanol–water partition coefficient (Wildman–Crippen LogP) is 1.13. The lowest BCUT2D eigenvalue weighted by atomic mass is 10.1. The molecule has 0 fully saturated rings. The van der Waals surface area contributed by atoms with Crippen LogP contribution in [0, 0.1) is 0 Å². The van der Waals surface area contributed by atoms with Gasteiger partial charge in [-0.25, -0.2) is 4.79 Å². The number of hydrogen-bond acceptors (Lipinski definition) is 5. The molecule has 0 unspecified atom stereocenters. The Kier molecular flexibility index (Phi) is 4.39. The molecule has 1 aromatic heterocycles. The molecule has 0 aliphatic carbocycles. The number of ketones is 1. The first kappa shape index (κ1) is 12.9. The average Bonchev–Trinajstić information content (AvgIpc) is 2.35.